The van der Waals surface area contributed by atoms with Crippen molar-refractivity contribution in [3.05, 3.63) is 522 Å². The SMILES string of the molecule is c1ccc(-c2oc3ccccc3c2-c2ccc(N(c3ccccc3)c3ccc(-c4ccc(N(c5ccccc5)c5ccc(-c6c(-c7ccccc7)oc7cc(-c8cccc(-c9c(-c%10ccc(N(c%11ccccc%11)c%11ccc(-c%12ccc(N(c%13ccccc%13)c%13ccc(-c%14oc%15ccccc%15c%14-c%14ccccc%14)cc%13)cc%12)cc%11)cc%10)oc%10ccccc9%10)c8)ccc67)cc5)cc4)cc3)cc2)cc1. The number of rotatable bonds is 23. The van der Waals surface area contributed by atoms with E-state index in [1.165, 1.54) is 0 Å². The van der Waals surface area contributed by atoms with Crippen molar-refractivity contribution in [2.24, 2.45) is 0 Å². The summed E-state index contributed by atoms with van der Waals surface area (Å²) in [5.41, 5.74) is 35.0. The first-order valence-electron chi connectivity index (χ1n) is 46.1. The highest BCUT2D eigenvalue weighted by Crippen LogP contribution is 2.51. The molecule has 8 nitrogen and oxygen atoms in total. The van der Waals surface area contributed by atoms with Gasteiger partial charge in [-0.05, 0) is 262 Å². The Morgan fingerprint density at radius 3 is 0.596 bits per heavy atom. The number of hydrogen-bond donors (Lipinski definition) is 0. The zero-order valence-electron chi connectivity index (χ0n) is 74.1. The molecule has 4 aromatic heterocycles. The van der Waals surface area contributed by atoms with Crippen molar-refractivity contribution in [3.63, 3.8) is 0 Å². The number of hydrogen-bond acceptors (Lipinski definition) is 8. The molecule has 24 aromatic rings. The minimum Gasteiger partial charge on any atom is -0.455 e. The van der Waals surface area contributed by atoms with Gasteiger partial charge in [0.1, 0.15) is 45.4 Å². The van der Waals surface area contributed by atoms with E-state index in [9.17, 15) is 0 Å². The molecule has 0 aliphatic heterocycles. The van der Waals surface area contributed by atoms with Crippen molar-refractivity contribution in [1.29, 1.82) is 0 Å². The van der Waals surface area contributed by atoms with E-state index in [0.29, 0.717) is 0 Å². The summed E-state index contributed by atoms with van der Waals surface area (Å²) in [4.78, 5) is 9.25. The van der Waals surface area contributed by atoms with Crippen molar-refractivity contribution in [2.75, 3.05) is 19.6 Å². The van der Waals surface area contributed by atoms with E-state index in [2.05, 4.69) is 505 Å². The zero-order chi connectivity index (χ0) is 90.2. The number of fused-ring (bicyclic) bond motifs is 4. The van der Waals surface area contributed by atoms with E-state index in [1.807, 2.05) is 36.4 Å². The summed E-state index contributed by atoms with van der Waals surface area (Å²) in [6.45, 7) is 0. The number of furan rings is 4. The Morgan fingerprint density at radius 2 is 0.294 bits per heavy atom. The molecule has 0 amide bonds. The fourth-order valence-corrected chi connectivity index (χ4v) is 19.4. The van der Waals surface area contributed by atoms with Gasteiger partial charge < -0.3 is 37.3 Å². The largest absolute Gasteiger partial charge is 0.455 e. The highest BCUT2D eigenvalue weighted by molar-refractivity contribution is 6.07. The first-order chi connectivity index (χ1) is 67.4. The lowest BCUT2D eigenvalue weighted by Gasteiger charge is -2.26. The van der Waals surface area contributed by atoms with Gasteiger partial charge in [-0.1, -0.05) is 315 Å². The molecule has 642 valence electrons. The molecular formula is C128H86N4O4. The average Bonchev–Trinajstić information content (AvgIpc) is 1.60. The Balaban J connectivity index is 0.490. The molecule has 0 radical (unpaired) electrons. The van der Waals surface area contributed by atoms with E-state index in [-0.39, 0.29) is 0 Å². The third-order valence-corrected chi connectivity index (χ3v) is 25.9. The molecule has 0 unspecified atom stereocenters. The molecule has 0 N–H and O–H groups in total. The molecule has 0 atom stereocenters. The molecule has 0 fully saturated rings. The Morgan fingerprint density at radius 1 is 0.110 bits per heavy atom. The minimum atomic E-state index is 0.795. The van der Waals surface area contributed by atoms with E-state index in [0.717, 1.165) is 235 Å². The highest BCUT2D eigenvalue weighted by atomic mass is 16.3. The first-order valence-corrected chi connectivity index (χ1v) is 46.1. The third-order valence-electron chi connectivity index (χ3n) is 25.9. The van der Waals surface area contributed by atoms with Crippen LogP contribution < -0.4 is 19.6 Å². The van der Waals surface area contributed by atoms with Crippen LogP contribution in [0.2, 0.25) is 0 Å². The molecule has 8 heteroatoms. The van der Waals surface area contributed by atoms with Crippen molar-refractivity contribution in [3.8, 4) is 123 Å². The van der Waals surface area contributed by atoms with Gasteiger partial charge in [0.15, 0.2) is 0 Å². The second kappa shape index (κ2) is 35.6. The lowest BCUT2D eigenvalue weighted by molar-refractivity contribution is 0.632. The van der Waals surface area contributed by atoms with E-state index in [4.69, 9.17) is 17.7 Å². The minimum absolute atomic E-state index is 0.795. The molecule has 0 spiro atoms. The van der Waals surface area contributed by atoms with Crippen molar-refractivity contribution in [1.82, 2.24) is 0 Å². The Hall–Kier alpha value is -18.2. The van der Waals surface area contributed by atoms with Crippen LogP contribution in [0.3, 0.4) is 0 Å². The van der Waals surface area contributed by atoms with E-state index < -0.39 is 0 Å². The van der Waals surface area contributed by atoms with Crippen LogP contribution in [0.4, 0.5) is 68.2 Å². The van der Waals surface area contributed by atoms with Gasteiger partial charge in [0.2, 0.25) is 0 Å². The monoisotopic (exact) mass is 1740 g/mol. The lowest BCUT2D eigenvalue weighted by Crippen LogP contribution is -2.10. The van der Waals surface area contributed by atoms with Crippen LogP contribution in [-0.2, 0) is 0 Å². The molecule has 24 rings (SSSR count). The standard InChI is InChI=1S/C128H86N4O4/c1-8-29-91(30-9-1)121-113-45-22-25-48-117(113)134-127(121)96-63-80-111(81-64-96)131(103-41-18-6-19-42-103)107-72-55-89(56-73-107)90-57-74-108(75-58-90)132(104-43-20-7-21-44-104)112-82-65-97(66-83-112)128-124(115-47-24-27-50-119(115)135-128)100-36-28-35-98(85-100)99-67-84-116-120(86-99)136-126(95-33-12-3-13-34-95)123(116)93-61-78-110(79-62-93)130(102-39-16-5-17-40-102)106-70-53-88(54-71-106)87-51-68-105(69-52-87)129(101-37-14-4-15-38-101)109-76-59-92(60-77-109)122-114-46-23-26-49-118(114)133-125(122)94-31-10-2-11-32-94/h1-86H. The molecule has 0 saturated heterocycles. The molecule has 4 heterocycles. The summed E-state index contributed by atoms with van der Waals surface area (Å²) in [6, 6.07) is 185. The fourth-order valence-electron chi connectivity index (χ4n) is 19.4. The number of para-hydroxylation sites is 7. The van der Waals surface area contributed by atoms with E-state index >= 15 is 0 Å². The average molecular weight is 1740 g/mol. The normalized spacial score (nSPS) is 11.4. The first kappa shape index (κ1) is 81.0. The quantitative estimate of drug-likeness (QED) is 0.0628. The Labute approximate surface area is 788 Å². The second-order valence-corrected chi connectivity index (χ2v) is 34.2. The summed E-state index contributed by atoms with van der Waals surface area (Å²) < 4.78 is 27.3. The van der Waals surface area contributed by atoms with Crippen molar-refractivity contribution >= 4 is 112 Å². The summed E-state index contributed by atoms with van der Waals surface area (Å²) in [5.74, 6) is 3.33. The van der Waals surface area contributed by atoms with Gasteiger partial charge >= 0.3 is 0 Å². The maximum Gasteiger partial charge on any atom is 0.143 e. The number of anilines is 12. The highest BCUT2D eigenvalue weighted by Gasteiger charge is 2.27. The van der Waals surface area contributed by atoms with Gasteiger partial charge in [-0.15, -0.1) is 0 Å². The lowest BCUT2D eigenvalue weighted by atomic mass is 9.94. The summed E-state index contributed by atoms with van der Waals surface area (Å²) in [7, 11) is 0. The molecule has 0 saturated carbocycles. The predicted molar refractivity (Wildman–Crippen MR) is 564 cm³/mol. The van der Waals surface area contributed by atoms with E-state index in [1.54, 1.807) is 0 Å². The molecule has 0 bridgehead atoms. The van der Waals surface area contributed by atoms with Gasteiger partial charge in [0.05, 0.1) is 0 Å². The Kier molecular flexibility index (Phi) is 21.2. The predicted octanol–water partition coefficient (Wildman–Crippen LogP) is 36.9. The van der Waals surface area contributed by atoms with Crippen LogP contribution in [0.15, 0.2) is 539 Å². The maximum atomic E-state index is 7.13. The van der Waals surface area contributed by atoms with Crippen molar-refractivity contribution < 1.29 is 17.7 Å². The maximum absolute atomic E-state index is 7.13. The van der Waals surface area contributed by atoms with Crippen LogP contribution in [0.1, 0.15) is 0 Å². The summed E-state index contributed by atoms with van der Waals surface area (Å²) >= 11 is 0. The smallest absolute Gasteiger partial charge is 0.143 e. The molecule has 0 aliphatic rings. The van der Waals surface area contributed by atoms with Crippen LogP contribution in [0.5, 0.6) is 0 Å². The molecule has 20 aromatic carbocycles. The van der Waals surface area contributed by atoms with Crippen LogP contribution >= 0.6 is 0 Å². The number of benzene rings is 20. The zero-order valence-corrected chi connectivity index (χ0v) is 74.1. The Bertz CT molecular complexity index is 8360. The van der Waals surface area contributed by atoms with Gasteiger partial charge in [0, 0.05) is 134 Å². The van der Waals surface area contributed by atoms with Gasteiger partial charge in [-0.3, -0.25) is 0 Å². The van der Waals surface area contributed by atoms with Crippen molar-refractivity contribution in [2.45, 2.75) is 0 Å². The number of nitrogens with zero attached hydrogens (tertiary/aromatic N) is 4. The summed E-state index contributed by atoms with van der Waals surface area (Å²) in [5, 5.41) is 4.24. The topological polar surface area (TPSA) is 65.5 Å². The molecular weight excluding hydrogens is 1660 g/mol. The third kappa shape index (κ3) is 15.5. The summed E-state index contributed by atoms with van der Waals surface area (Å²) in [6.07, 6.45) is 0. The van der Waals surface area contributed by atoms with Gasteiger partial charge in [-0.2, -0.15) is 0 Å². The van der Waals surface area contributed by atoms with Crippen LogP contribution in [0.25, 0.3) is 167 Å². The van der Waals surface area contributed by atoms with Gasteiger partial charge in [-0.25, -0.2) is 0 Å². The molecule has 136 heavy (non-hydrogen) atoms. The second-order valence-electron chi connectivity index (χ2n) is 34.2. The van der Waals surface area contributed by atoms with Crippen LogP contribution in [0, 0.1) is 0 Å². The fraction of sp³-hybridized carbons (Fsp3) is 0. The molecule has 0 aliphatic carbocycles. The van der Waals surface area contributed by atoms with Gasteiger partial charge in [0.25, 0.3) is 0 Å². The van der Waals surface area contributed by atoms with Crippen LogP contribution in [-0.4, -0.2) is 0 Å².